The summed E-state index contributed by atoms with van der Waals surface area (Å²) in [4.78, 5) is 17.4. The molecule has 5 aromatic rings. The van der Waals surface area contributed by atoms with Gasteiger partial charge in [-0.15, -0.1) is 11.8 Å². The van der Waals surface area contributed by atoms with E-state index in [-0.39, 0.29) is 0 Å². The zero-order valence-electron chi connectivity index (χ0n) is 20.7. The molecule has 0 saturated carbocycles. The van der Waals surface area contributed by atoms with Crippen molar-refractivity contribution in [1.29, 1.82) is 0 Å². The van der Waals surface area contributed by atoms with Crippen LogP contribution in [0.15, 0.2) is 115 Å². The number of para-hydroxylation sites is 1. The third-order valence-corrected chi connectivity index (χ3v) is 9.20. The van der Waals surface area contributed by atoms with E-state index in [2.05, 4.69) is 46.7 Å². The minimum Gasteiger partial charge on any atom is -0.480 e. The van der Waals surface area contributed by atoms with Gasteiger partial charge in [-0.2, -0.15) is 0 Å². The molecule has 0 aliphatic carbocycles. The lowest BCUT2D eigenvalue weighted by molar-refractivity contribution is -0.138. The number of rotatable bonds is 9. The minimum absolute atomic E-state index is 0.604. The molecule has 0 fully saturated rings. The fourth-order valence-electron chi connectivity index (χ4n) is 4.74. The molecular weight excluding hydrogens is 496 g/mol. The lowest BCUT2D eigenvalue weighted by Gasteiger charge is -2.43. The van der Waals surface area contributed by atoms with Crippen molar-refractivity contribution < 1.29 is 9.90 Å². The molecule has 0 unspecified atom stereocenters. The maximum Gasteiger partial charge on any atom is 0.327 e. The third-order valence-electron chi connectivity index (χ3n) is 6.46. The van der Waals surface area contributed by atoms with Gasteiger partial charge in [0.25, 0.3) is 0 Å². The van der Waals surface area contributed by atoms with Crippen LogP contribution in [0.2, 0.25) is 0 Å². The number of benzene rings is 4. The Hall–Kier alpha value is -3.61. The predicted octanol–water partition coefficient (Wildman–Crippen LogP) is 7.67. The number of thioether (sulfide) groups is 1. The van der Waals surface area contributed by atoms with Gasteiger partial charge >= 0.3 is 5.97 Å². The lowest BCUT2D eigenvalue weighted by atomic mass is 9.84. The molecule has 0 spiro atoms. The van der Waals surface area contributed by atoms with Crippen LogP contribution in [0.5, 0.6) is 0 Å². The second kappa shape index (κ2) is 10.4. The van der Waals surface area contributed by atoms with E-state index >= 15 is 0 Å². The van der Waals surface area contributed by atoms with Crippen molar-refractivity contribution in [3.63, 3.8) is 0 Å². The summed E-state index contributed by atoms with van der Waals surface area (Å²) in [6.45, 7) is 4.00. The maximum absolute atomic E-state index is 12.8. The molecule has 6 heteroatoms. The first kappa shape index (κ1) is 25.1. The van der Waals surface area contributed by atoms with Gasteiger partial charge in [-0.05, 0) is 42.7 Å². The zero-order chi connectivity index (χ0) is 25.9. The molecule has 0 amide bonds. The Labute approximate surface area is 225 Å². The molecule has 1 atom stereocenters. The standard InChI is InChI=1S/C31H28N2O2S2/c1-30(2,27(28(34)35)33-29-32-25-20-12-13-21-26(25)36-29)37-31(22-14-6-3-7-15-22,23-16-8-4-9-17-23)24-18-10-5-11-19-24/h3-21,27H,1-2H3,(H,32,33)(H,34,35)/t27-/m0/s1. The van der Waals surface area contributed by atoms with E-state index in [1.54, 1.807) is 11.8 Å². The quantitative estimate of drug-likeness (QED) is 0.194. The van der Waals surface area contributed by atoms with Crippen LogP contribution in [-0.2, 0) is 9.54 Å². The summed E-state index contributed by atoms with van der Waals surface area (Å²) in [6, 6.07) is 38.0. The number of aromatic nitrogens is 1. The van der Waals surface area contributed by atoms with Crippen molar-refractivity contribution in [2.45, 2.75) is 29.4 Å². The van der Waals surface area contributed by atoms with Crippen LogP contribution in [-0.4, -0.2) is 26.8 Å². The highest BCUT2D eigenvalue weighted by Gasteiger charge is 2.47. The van der Waals surface area contributed by atoms with Gasteiger partial charge in [0.1, 0.15) is 6.04 Å². The van der Waals surface area contributed by atoms with E-state index in [1.807, 2.05) is 92.7 Å². The lowest BCUT2D eigenvalue weighted by Crippen LogP contribution is -2.48. The van der Waals surface area contributed by atoms with E-state index in [4.69, 9.17) is 0 Å². The van der Waals surface area contributed by atoms with Crippen LogP contribution in [0, 0.1) is 0 Å². The zero-order valence-corrected chi connectivity index (χ0v) is 22.3. The van der Waals surface area contributed by atoms with Crippen molar-refractivity contribution in [1.82, 2.24) is 4.98 Å². The molecule has 0 saturated heterocycles. The van der Waals surface area contributed by atoms with Crippen LogP contribution in [0.25, 0.3) is 10.2 Å². The Morgan fingerprint density at radius 1 is 0.784 bits per heavy atom. The maximum atomic E-state index is 12.8. The van der Waals surface area contributed by atoms with Gasteiger partial charge in [0.15, 0.2) is 5.13 Å². The predicted molar refractivity (Wildman–Crippen MR) is 156 cm³/mol. The van der Waals surface area contributed by atoms with E-state index in [9.17, 15) is 9.90 Å². The average Bonchev–Trinajstić information content (AvgIpc) is 3.34. The summed E-state index contributed by atoms with van der Waals surface area (Å²) in [5.41, 5.74) is 4.13. The summed E-state index contributed by atoms with van der Waals surface area (Å²) in [7, 11) is 0. The number of hydrogen-bond donors (Lipinski definition) is 2. The van der Waals surface area contributed by atoms with Gasteiger partial charge in [-0.3, -0.25) is 0 Å². The summed E-state index contributed by atoms with van der Waals surface area (Å²) >= 11 is 3.12. The number of fused-ring (bicyclic) bond motifs is 1. The van der Waals surface area contributed by atoms with Crippen molar-refractivity contribution in [3.05, 3.63) is 132 Å². The number of nitrogens with zero attached hydrogens (tertiary/aromatic N) is 1. The summed E-state index contributed by atoms with van der Waals surface area (Å²) in [6.07, 6.45) is 0. The van der Waals surface area contributed by atoms with Gasteiger partial charge in [-0.1, -0.05) is 114 Å². The van der Waals surface area contributed by atoms with Crippen LogP contribution < -0.4 is 5.32 Å². The topological polar surface area (TPSA) is 62.2 Å². The van der Waals surface area contributed by atoms with Gasteiger partial charge < -0.3 is 10.4 Å². The molecule has 1 aromatic heterocycles. The monoisotopic (exact) mass is 524 g/mol. The molecule has 186 valence electrons. The van der Waals surface area contributed by atoms with E-state index < -0.39 is 21.5 Å². The Bertz CT molecular complexity index is 1360. The van der Waals surface area contributed by atoms with E-state index in [0.717, 1.165) is 26.9 Å². The smallest absolute Gasteiger partial charge is 0.327 e. The van der Waals surface area contributed by atoms with Crippen molar-refractivity contribution >= 4 is 44.4 Å². The number of thiazole rings is 1. The van der Waals surface area contributed by atoms with E-state index in [1.165, 1.54) is 11.3 Å². The molecular formula is C31H28N2O2S2. The van der Waals surface area contributed by atoms with Crippen molar-refractivity contribution in [2.24, 2.45) is 0 Å². The average molecular weight is 525 g/mol. The molecule has 0 aliphatic heterocycles. The van der Waals surface area contributed by atoms with Gasteiger partial charge in [0.2, 0.25) is 0 Å². The second-order valence-corrected chi connectivity index (χ2v) is 12.3. The second-order valence-electron chi connectivity index (χ2n) is 9.39. The first-order valence-corrected chi connectivity index (χ1v) is 13.7. The largest absolute Gasteiger partial charge is 0.480 e. The highest BCUT2D eigenvalue weighted by atomic mass is 32.2. The van der Waals surface area contributed by atoms with Crippen LogP contribution in [0.3, 0.4) is 0 Å². The highest BCUT2D eigenvalue weighted by Crippen LogP contribution is 2.54. The van der Waals surface area contributed by atoms with E-state index in [0.29, 0.717) is 5.13 Å². The SMILES string of the molecule is CC(C)(SC(c1ccccc1)(c1ccccc1)c1ccccc1)[C@@H](Nc1nc2ccccc2s1)C(=O)O. The molecule has 0 aliphatic rings. The Balaban J connectivity index is 1.63. The Morgan fingerprint density at radius 3 is 1.70 bits per heavy atom. The molecule has 4 aromatic carbocycles. The van der Waals surface area contributed by atoms with Gasteiger partial charge in [0.05, 0.1) is 15.0 Å². The number of nitrogens with one attached hydrogen (secondary N) is 1. The molecule has 1 heterocycles. The molecule has 4 nitrogen and oxygen atoms in total. The fraction of sp³-hybridized carbons (Fsp3) is 0.161. The number of aliphatic carboxylic acids is 1. The molecule has 0 bridgehead atoms. The van der Waals surface area contributed by atoms with Crippen molar-refractivity contribution in [3.8, 4) is 0 Å². The molecule has 2 N–H and O–H groups in total. The van der Waals surface area contributed by atoms with Gasteiger partial charge in [0, 0.05) is 4.75 Å². The normalized spacial score (nSPS) is 12.8. The minimum atomic E-state index is -0.917. The highest BCUT2D eigenvalue weighted by molar-refractivity contribution is 8.02. The fourth-order valence-corrected chi connectivity index (χ4v) is 7.46. The van der Waals surface area contributed by atoms with Crippen LogP contribution in [0.4, 0.5) is 5.13 Å². The number of carboxylic acid groups (broad SMARTS) is 1. The Kier molecular flexibility index (Phi) is 7.04. The van der Waals surface area contributed by atoms with Crippen LogP contribution in [0.1, 0.15) is 30.5 Å². The number of carboxylic acids is 1. The van der Waals surface area contributed by atoms with Crippen molar-refractivity contribution in [2.75, 3.05) is 5.32 Å². The number of anilines is 1. The van der Waals surface area contributed by atoms with Crippen LogP contribution >= 0.6 is 23.1 Å². The summed E-state index contributed by atoms with van der Waals surface area (Å²) in [5.74, 6) is -0.917. The first-order chi connectivity index (χ1) is 17.9. The number of hydrogen-bond acceptors (Lipinski definition) is 5. The summed E-state index contributed by atoms with van der Waals surface area (Å²) < 4.78 is -0.381. The third kappa shape index (κ3) is 4.99. The molecule has 37 heavy (non-hydrogen) atoms. The molecule has 0 radical (unpaired) electrons. The molecule has 5 rings (SSSR count). The first-order valence-electron chi connectivity index (χ1n) is 12.1. The van der Waals surface area contributed by atoms with Gasteiger partial charge in [-0.25, -0.2) is 9.78 Å². The number of carbonyl (C=O) groups is 1. The summed E-state index contributed by atoms with van der Waals surface area (Å²) in [5, 5.41) is 14.3. The Morgan fingerprint density at radius 2 is 1.24 bits per heavy atom.